The van der Waals surface area contributed by atoms with Crippen molar-refractivity contribution in [1.29, 1.82) is 0 Å². The molecule has 0 aliphatic carbocycles. The number of carbonyl (C=O) groups excluding carboxylic acids is 1. The summed E-state index contributed by atoms with van der Waals surface area (Å²) >= 11 is 0. The predicted molar refractivity (Wildman–Crippen MR) is 60.7 cm³/mol. The average Bonchev–Trinajstić information content (AvgIpc) is 2.65. The molecule has 0 aromatic heterocycles. The Bertz CT molecular complexity index is 422. The van der Waals surface area contributed by atoms with Crippen molar-refractivity contribution in [3.8, 4) is 0 Å². The van der Waals surface area contributed by atoms with E-state index in [2.05, 4.69) is 4.90 Å². The van der Waals surface area contributed by atoms with Crippen molar-refractivity contribution in [2.75, 3.05) is 13.6 Å². The lowest BCUT2D eigenvalue weighted by molar-refractivity contribution is 0.104. The summed E-state index contributed by atoms with van der Waals surface area (Å²) in [6, 6.07) is 5.65. The van der Waals surface area contributed by atoms with E-state index in [1.165, 1.54) is 24.3 Å². The number of hydrogen-bond donors (Lipinski definition) is 0. The number of halogens is 1. The second kappa shape index (κ2) is 4.47. The van der Waals surface area contributed by atoms with Gasteiger partial charge in [-0.1, -0.05) is 0 Å². The van der Waals surface area contributed by atoms with Gasteiger partial charge in [-0.2, -0.15) is 0 Å². The number of benzene rings is 1. The maximum absolute atomic E-state index is 12.7. The van der Waals surface area contributed by atoms with Crippen molar-refractivity contribution in [2.45, 2.75) is 12.8 Å². The predicted octanol–water partition coefficient (Wildman–Crippen LogP) is 2.62. The summed E-state index contributed by atoms with van der Waals surface area (Å²) in [5.74, 6) is -0.370. The fourth-order valence-electron chi connectivity index (χ4n) is 1.86. The lowest BCUT2D eigenvalue weighted by Crippen LogP contribution is -2.11. The van der Waals surface area contributed by atoms with Crippen LogP contribution in [0.25, 0.3) is 0 Å². The molecule has 84 valence electrons. The normalized spacial score (nSPS) is 18.1. The Morgan fingerprint density at radius 2 is 2.06 bits per heavy atom. The van der Waals surface area contributed by atoms with Crippen molar-refractivity contribution in [1.82, 2.24) is 4.90 Å². The molecule has 16 heavy (non-hydrogen) atoms. The zero-order valence-electron chi connectivity index (χ0n) is 9.24. The number of rotatable bonds is 2. The molecular formula is C13H14FNO. The Kier molecular flexibility index (Phi) is 3.04. The fourth-order valence-corrected chi connectivity index (χ4v) is 1.86. The van der Waals surface area contributed by atoms with Crippen molar-refractivity contribution < 1.29 is 9.18 Å². The van der Waals surface area contributed by atoms with E-state index < -0.39 is 0 Å². The molecule has 0 unspecified atom stereocenters. The van der Waals surface area contributed by atoms with Crippen molar-refractivity contribution >= 4 is 5.78 Å². The van der Waals surface area contributed by atoms with Gasteiger partial charge in [0.25, 0.3) is 0 Å². The topological polar surface area (TPSA) is 20.3 Å². The van der Waals surface area contributed by atoms with Gasteiger partial charge in [-0.25, -0.2) is 4.39 Å². The summed E-state index contributed by atoms with van der Waals surface area (Å²) < 4.78 is 12.7. The number of likely N-dealkylation sites (tertiary alicyclic amines) is 1. The third kappa shape index (κ3) is 2.30. The Balaban J connectivity index is 2.16. The van der Waals surface area contributed by atoms with Crippen LogP contribution in [0.15, 0.2) is 36.0 Å². The smallest absolute Gasteiger partial charge is 0.187 e. The first-order valence-electron chi connectivity index (χ1n) is 5.38. The van der Waals surface area contributed by atoms with Crippen LogP contribution in [0.2, 0.25) is 0 Å². The maximum Gasteiger partial charge on any atom is 0.187 e. The van der Waals surface area contributed by atoms with Crippen molar-refractivity contribution in [3.63, 3.8) is 0 Å². The first-order chi connectivity index (χ1) is 7.66. The van der Waals surface area contributed by atoms with E-state index in [-0.39, 0.29) is 11.6 Å². The Labute approximate surface area is 94.4 Å². The van der Waals surface area contributed by atoms with Crippen LogP contribution < -0.4 is 0 Å². The van der Waals surface area contributed by atoms with Crippen LogP contribution in [-0.2, 0) is 0 Å². The maximum atomic E-state index is 12.7. The lowest BCUT2D eigenvalue weighted by Gasteiger charge is -2.11. The van der Waals surface area contributed by atoms with Crippen LogP contribution in [-0.4, -0.2) is 24.3 Å². The first-order valence-corrected chi connectivity index (χ1v) is 5.38. The minimum atomic E-state index is -0.317. The molecule has 1 fully saturated rings. The van der Waals surface area contributed by atoms with Gasteiger partial charge < -0.3 is 4.90 Å². The van der Waals surface area contributed by atoms with Crippen LogP contribution in [0.5, 0.6) is 0 Å². The van der Waals surface area contributed by atoms with E-state index in [9.17, 15) is 9.18 Å². The van der Waals surface area contributed by atoms with E-state index in [1.54, 1.807) is 6.08 Å². The molecule has 0 saturated carbocycles. The van der Waals surface area contributed by atoms with Gasteiger partial charge in [0.1, 0.15) is 5.82 Å². The van der Waals surface area contributed by atoms with Crippen molar-refractivity contribution in [3.05, 3.63) is 47.4 Å². The molecule has 0 amide bonds. The standard InChI is InChI=1S/C13H14FNO/c1-15-8-2-3-12(15)9-13(16)10-4-6-11(14)7-5-10/h4-7,9H,2-3,8H2,1H3/b12-9+. The third-order valence-corrected chi connectivity index (χ3v) is 2.84. The highest BCUT2D eigenvalue weighted by molar-refractivity contribution is 6.04. The third-order valence-electron chi connectivity index (χ3n) is 2.84. The zero-order chi connectivity index (χ0) is 11.5. The minimum absolute atomic E-state index is 0.0521. The molecule has 0 spiro atoms. The highest BCUT2D eigenvalue weighted by Gasteiger charge is 2.14. The first kappa shape index (κ1) is 10.9. The van der Waals surface area contributed by atoms with Gasteiger partial charge in [-0.05, 0) is 37.1 Å². The summed E-state index contributed by atoms with van der Waals surface area (Å²) in [5, 5.41) is 0. The quantitative estimate of drug-likeness (QED) is 0.563. The van der Waals surface area contributed by atoms with Crippen LogP contribution in [0.4, 0.5) is 4.39 Å². The number of carbonyl (C=O) groups is 1. The van der Waals surface area contributed by atoms with Crippen molar-refractivity contribution in [2.24, 2.45) is 0 Å². The monoisotopic (exact) mass is 219 g/mol. The molecule has 0 atom stereocenters. The van der Waals surface area contributed by atoms with Gasteiger partial charge in [0, 0.05) is 30.9 Å². The van der Waals surface area contributed by atoms with Gasteiger partial charge >= 0.3 is 0 Å². The van der Waals surface area contributed by atoms with E-state index >= 15 is 0 Å². The lowest BCUT2D eigenvalue weighted by atomic mass is 10.1. The molecule has 1 saturated heterocycles. The molecule has 0 bridgehead atoms. The molecule has 2 rings (SSSR count). The van der Waals surface area contributed by atoms with E-state index in [0.29, 0.717) is 5.56 Å². The van der Waals surface area contributed by atoms with Gasteiger partial charge in [-0.3, -0.25) is 4.79 Å². The number of hydrogen-bond acceptors (Lipinski definition) is 2. The Morgan fingerprint density at radius 3 is 2.62 bits per heavy atom. The van der Waals surface area contributed by atoms with Crippen LogP contribution >= 0.6 is 0 Å². The van der Waals surface area contributed by atoms with Gasteiger partial charge in [-0.15, -0.1) is 0 Å². The number of allylic oxidation sites excluding steroid dienone is 2. The summed E-state index contributed by atoms with van der Waals surface area (Å²) in [6.07, 6.45) is 3.70. The van der Waals surface area contributed by atoms with Gasteiger partial charge in [0.05, 0.1) is 0 Å². The largest absolute Gasteiger partial charge is 0.378 e. The Morgan fingerprint density at radius 1 is 1.38 bits per heavy atom. The van der Waals surface area contributed by atoms with E-state index in [1.807, 2.05) is 7.05 Å². The molecule has 1 aliphatic rings. The van der Waals surface area contributed by atoms with Gasteiger partial charge in [0.2, 0.25) is 0 Å². The zero-order valence-corrected chi connectivity index (χ0v) is 9.24. The molecule has 2 nitrogen and oxygen atoms in total. The van der Waals surface area contributed by atoms with E-state index in [0.717, 1.165) is 25.1 Å². The highest BCUT2D eigenvalue weighted by Crippen LogP contribution is 2.19. The molecule has 1 aliphatic heterocycles. The molecule has 3 heteroatoms. The summed E-state index contributed by atoms with van der Waals surface area (Å²) in [7, 11) is 1.98. The van der Waals surface area contributed by atoms with Crippen LogP contribution in [0.3, 0.4) is 0 Å². The molecule has 1 aromatic carbocycles. The highest BCUT2D eigenvalue weighted by atomic mass is 19.1. The second-order valence-electron chi connectivity index (χ2n) is 4.03. The number of ketones is 1. The molecule has 1 aromatic rings. The average molecular weight is 219 g/mol. The minimum Gasteiger partial charge on any atom is -0.378 e. The second-order valence-corrected chi connectivity index (χ2v) is 4.03. The molecular weight excluding hydrogens is 205 g/mol. The van der Waals surface area contributed by atoms with Crippen LogP contribution in [0.1, 0.15) is 23.2 Å². The van der Waals surface area contributed by atoms with Crippen LogP contribution in [0, 0.1) is 5.82 Å². The molecule has 1 heterocycles. The van der Waals surface area contributed by atoms with Gasteiger partial charge in [0.15, 0.2) is 5.78 Å². The fraction of sp³-hybridized carbons (Fsp3) is 0.308. The summed E-state index contributed by atoms with van der Waals surface area (Å²) in [4.78, 5) is 13.9. The summed E-state index contributed by atoms with van der Waals surface area (Å²) in [5.41, 5.74) is 1.60. The summed E-state index contributed by atoms with van der Waals surface area (Å²) in [6.45, 7) is 1.00. The number of nitrogens with zero attached hydrogens (tertiary/aromatic N) is 1. The Hall–Kier alpha value is -1.64. The molecule has 0 N–H and O–H groups in total. The molecule has 0 radical (unpaired) electrons. The SMILES string of the molecule is CN1CCC/C1=C\C(=O)c1ccc(F)cc1. The van der Waals surface area contributed by atoms with E-state index in [4.69, 9.17) is 0 Å².